The van der Waals surface area contributed by atoms with Crippen LogP contribution in [0.2, 0.25) is 0 Å². The van der Waals surface area contributed by atoms with Crippen molar-refractivity contribution in [3.05, 3.63) is 297 Å². The van der Waals surface area contributed by atoms with Gasteiger partial charge in [-0.15, -0.1) is 0 Å². The predicted molar refractivity (Wildman–Crippen MR) is 317 cm³/mol. The van der Waals surface area contributed by atoms with Crippen molar-refractivity contribution in [2.24, 2.45) is 0 Å². The monoisotopic (exact) mass is 955 g/mol. The summed E-state index contributed by atoms with van der Waals surface area (Å²) >= 11 is 0. The number of fused-ring (bicyclic) bond motifs is 6. The lowest BCUT2D eigenvalue weighted by atomic mass is 9.98. The number of anilines is 3. The summed E-state index contributed by atoms with van der Waals surface area (Å²) in [5.41, 5.74) is 22.3. The van der Waals surface area contributed by atoms with Gasteiger partial charge in [0, 0.05) is 50.0 Å². The molecule has 0 N–H and O–H groups in total. The molecule has 0 bridgehead atoms. The Morgan fingerprint density at radius 3 is 0.867 bits per heavy atom. The Bertz CT molecular complexity index is 4270. The number of benzene rings is 12. The molecule has 0 unspecified atom stereocenters. The van der Waals surface area contributed by atoms with Crippen molar-refractivity contribution < 1.29 is 0 Å². The van der Waals surface area contributed by atoms with E-state index in [1.165, 1.54) is 105 Å². The first kappa shape index (κ1) is 43.8. The van der Waals surface area contributed by atoms with Crippen LogP contribution in [0.3, 0.4) is 0 Å². The second kappa shape index (κ2) is 18.6. The summed E-state index contributed by atoms with van der Waals surface area (Å²) in [6.45, 7) is 0. The van der Waals surface area contributed by atoms with Crippen LogP contribution in [-0.2, 0) is 0 Å². The number of hydrogen-bond acceptors (Lipinski definition) is 1. The zero-order chi connectivity index (χ0) is 49.7. The Labute approximate surface area is 436 Å². The minimum absolute atomic E-state index is 1.08. The molecule has 75 heavy (non-hydrogen) atoms. The zero-order valence-corrected chi connectivity index (χ0v) is 41.1. The molecule has 0 spiro atoms. The van der Waals surface area contributed by atoms with E-state index in [1.807, 2.05) is 0 Å². The van der Waals surface area contributed by atoms with Crippen LogP contribution in [0.25, 0.3) is 111 Å². The minimum atomic E-state index is 1.08. The molecule has 2 aromatic heterocycles. The quantitative estimate of drug-likeness (QED) is 0.133. The molecule has 352 valence electrons. The molecular weight excluding hydrogens is 907 g/mol. The van der Waals surface area contributed by atoms with E-state index < -0.39 is 0 Å². The Hall–Kier alpha value is -9.96. The Balaban J connectivity index is 0.768. The average molecular weight is 956 g/mol. The third-order valence-corrected chi connectivity index (χ3v) is 15.0. The maximum atomic E-state index is 2.37. The first-order valence-electron chi connectivity index (χ1n) is 25.7. The van der Waals surface area contributed by atoms with E-state index in [9.17, 15) is 0 Å². The molecule has 0 aliphatic heterocycles. The molecule has 14 aromatic rings. The number of hydrogen-bond donors (Lipinski definition) is 0. The van der Waals surface area contributed by atoms with Gasteiger partial charge in [-0.3, -0.25) is 0 Å². The molecule has 3 heteroatoms. The fourth-order valence-electron chi connectivity index (χ4n) is 11.2. The number of nitrogens with zero attached hydrogens (tertiary/aromatic N) is 3. The van der Waals surface area contributed by atoms with Crippen LogP contribution in [0.15, 0.2) is 297 Å². The van der Waals surface area contributed by atoms with Crippen LogP contribution >= 0.6 is 0 Å². The van der Waals surface area contributed by atoms with Gasteiger partial charge in [-0.25, -0.2) is 0 Å². The number of rotatable bonds is 10. The number of aromatic nitrogens is 2. The van der Waals surface area contributed by atoms with E-state index in [4.69, 9.17) is 0 Å². The van der Waals surface area contributed by atoms with Crippen LogP contribution in [0.4, 0.5) is 17.1 Å². The first-order chi connectivity index (χ1) is 37.2. The summed E-state index contributed by atoms with van der Waals surface area (Å²) < 4.78 is 4.74. The van der Waals surface area contributed by atoms with Crippen LogP contribution < -0.4 is 4.90 Å². The maximum Gasteiger partial charge on any atom is 0.0541 e. The smallest absolute Gasteiger partial charge is 0.0541 e. The second-order valence-electron chi connectivity index (χ2n) is 19.3. The SMILES string of the molecule is c1ccc(-c2ccc(-c3ccc(N(c4ccc(-c5ccc(-c6ccc7c(c6)c6ccccc6n7-c6ccccc6)cc5)cc4)c4ccc(-c5ccc(-n6c7ccccc7c7ccccc76)cc5)cc4)cc3)cc2)cc1. The zero-order valence-electron chi connectivity index (χ0n) is 41.1. The average Bonchev–Trinajstić information content (AvgIpc) is 4.02. The van der Waals surface area contributed by atoms with Gasteiger partial charge in [-0.2, -0.15) is 0 Å². The lowest BCUT2D eigenvalue weighted by molar-refractivity contribution is 1.18. The van der Waals surface area contributed by atoms with E-state index in [1.54, 1.807) is 0 Å². The Morgan fingerprint density at radius 1 is 0.187 bits per heavy atom. The van der Waals surface area contributed by atoms with Gasteiger partial charge in [-0.05, 0) is 147 Å². The Kier molecular flexibility index (Phi) is 10.8. The van der Waals surface area contributed by atoms with Gasteiger partial charge in [0.05, 0.1) is 22.1 Å². The lowest BCUT2D eigenvalue weighted by Crippen LogP contribution is -2.09. The lowest BCUT2D eigenvalue weighted by Gasteiger charge is -2.26. The second-order valence-corrected chi connectivity index (χ2v) is 19.3. The molecule has 0 aliphatic rings. The van der Waals surface area contributed by atoms with Gasteiger partial charge in [-0.1, -0.05) is 206 Å². The third kappa shape index (κ3) is 7.95. The molecule has 3 nitrogen and oxygen atoms in total. The predicted octanol–water partition coefficient (Wildman–Crippen LogP) is 19.7. The van der Waals surface area contributed by atoms with Crippen LogP contribution in [0.5, 0.6) is 0 Å². The van der Waals surface area contributed by atoms with Crippen molar-refractivity contribution in [3.8, 4) is 67.0 Å². The van der Waals surface area contributed by atoms with Crippen molar-refractivity contribution in [1.29, 1.82) is 0 Å². The van der Waals surface area contributed by atoms with Crippen molar-refractivity contribution >= 4 is 60.7 Å². The topological polar surface area (TPSA) is 13.1 Å². The van der Waals surface area contributed by atoms with Gasteiger partial charge in [0.1, 0.15) is 0 Å². The highest BCUT2D eigenvalue weighted by Crippen LogP contribution is 2.40. The molecule has 2 heterocycles. The Morgan fingerprint density at radius 2 is 0.453 bits per heavy atom. The summed E-state index contributed by atoms with van der Waals surface area (Å²) in [4.78, 5) is 2.36. The molecule has 0 fully saturated rings. The van der Waals surface area contributed by atoms with Gasteiger partial charge < -0.3 is 14.0 Å². The first-order valence-corrected chi connectivity index (χ1v) is 25.7. The molecule has 0 atom stereocenters. The summed E-state index contributed by atoms with van der Waals surface area (Å²) in [5.74, 6) is 0. The molecule has 14 rings (SSSR count). The summed E-state index contributed by atoms with van der Waals surface area (Å²) in [6.07, 6.45) is 0. The molecule has 0 radical (unpaired) electrons. The van der Waals surface area contributed by atoms with Crippen LogP contribution in [0.1, 0.15) is 0 Å². The summed E-state index contributed by atoms with van der Waals surface area (Å²) in [5, 5.41) is 5.04. The van der Waals surface area contributed by atoms with Gasteiger partial charge in [0.15, 0.2) is 0 Å². The number of para-hydroxylation sites is 4. The van der Waals surface area contributed by atoms with Crippen molar-refractivity contribution in [3.63, 3.8) is 0 Å². The highest BCUT2D eigenvalue weighted by molar-refractivity contribution is 6.11. The highest BCUT2D eigenvalue weighted by Gasteiger charge is 2.17. The standard InChI is InChI=1S/C72H49N3/c1-3-13-50(14-4-1)51-23-25-52(26-24-51)54-31-40-61(41-32-54)73(63-44-35-56(36-45-63)57-37-46-64(47-38-57)75-69-20-10-7-17-65(69)66-18-8-11-21-70(66)75)62-42-33-55(34-43-62)53-27-29-58(30-28-53)59-39-48-72-68(49-59)67-19-9-12-22-71(67)74(72)60-15-5-2-6-16-60/h1-49H. The van der Waals surface area contributed by atoms with E-state index in [-0.39, 0.29) is 0 Å². The minimum Gasteiger partial charge on any atom is -0.311 e. The van der Waals surface area contributed by atoms with Crippen molar-refractivity contribution in [2.75, 3.05) is 4.90 Å². The van der Waals surface area contributed by atoms with Gasteiger partial charge in [0.2, 0.25) is 0 Å². The van der Waals surface area contributed by atoms with Gasteiger partial charge in [0.25, 0.3) is 0 Å². The van der Waals surface area contributed by atoms with E-state index >= 15 is 0 Å². The van der Waals surface area contributed by atoms with E-state index in [0.717, 1.165) is 22.7 Å². The van der Waals surface area contributed by atoms with Crippen molar-refractivity contribution in [1.82, 2.24) is 9.13 Å². The highest BCUT2D eigenvalue weighted by atomic mass is 15.1. The largest absolute Gasteiger partial charge is 0.311 e. The molecule has 0 saturated heterocycles. The molecule has 0 aliphatic carbocycles. The summed E-state index contributed by atoms with van der Waals surface area (Å²) in [7, 11) is 0. The van der Waals surface area contributed by atoms with Crippen molar-refractivity contribution in [2.45, 2.75) is 0 Å². The fraction of sp³-hybridized carbons (Fsp3) is 0. The molecule has 0 amide bonds. The summed E-state index contributed by atoms with van der Waals surface area (Å²) in [6, 6.07) is 108. The van der Waals surface area contributed by atoms with Gasteiger partial charge >= 0.3 is 0 Å². The third-order valence-electron chi connectivity index (χ3n) is 15.0. The van der Waals surface area contributed by atoms with Crippen LogP contribution in [-0.4, -0.2) is 9.13 Å². The normalized spacial score (nSPS) is 11.5. The van der Waals surface area contributed by atoms with E-state index in [2.05, 4.69) is 311 Å². The molecular formula is C72H49N3. The van der Waals surface area contributed by atoms with Crippen LogP contribution in [0, 0.1) is 0 Å². The maximum absolute atomic E-state index is 2.37. The van der Waals surface area contributed by atoms with E-state index in [0.29, 0.717) is 0 Å². The fourth-order valence-corrected chi connectivity index (χ4v) is 11.2. The molecule has 12 aromatic carbocycles. The molecule has 0 saturated carbocycles.